The van der Waals surface area contributed by atoms with Gasteiger partial charge in [0, 0.05) is 30.2 Å². The van der Waals surface area contributed by atoms with Crippen LogP contribution in [0.15, 0.2) is 42.7 Å². The lowest BCUT2D eigenvalue weighted by Gasteiger charge is -2.33. The Morgan fingerprint density at radius 2 is 1.94 bits per heavy atom. The number of nitrogens with one attached hydrogen (secondary N) is 2. The van der Waals surface area contributed by atoms with Gasteiger partial charge in [0.05, 0.1) is 18.1 Å². The van der Waals surface area contributed by atoms with Gasteiger partial charge >= 0.3 is 0 Å². The molecule has 0 unspecified atom stereocenters. The standard InChI is InChI=1S/C20H24ClN5O2.4ClH/c21-18-6-2-1-4-15(18)9-11-26-10-3-5-17(14-26)24-19-13-22-16(12-23-19)7-8-20(27)25-28;;;;/h1-2,4,6-8,12-13,17,28H,3,5,9-11,14H2,(H,23,24)(H,25,27);4*1H/t17-;;;;/m1..../s1. The molecule has 0 saturated carbocycles. The van der Waals surface area contributed by atoms with Crippen LogP contribution in [-0.4, -0.2) is 51.7 Å². The summed E-state index contributed by atoms with van der Waals surface area (Å²) in [6.45, 7) is 3.01. The number of halogens is 5. The van der Waals surface area contributed by atoms with E-state index in [1.54, 1.807) is 12.4 Å². The van der Waals surface area contributed by atoms with E-state index in [4.69, 9.17) is 16.8 Å². The number of amides is 1. The smallest absolute Gasteiger partial charge is 0.267 e. The number of hydroxylamine groups is 1. The van der Waals surface area contributed by atoms with Crippen LogP contribution in [0.4, 0.5) is 5.82 Å². The molecule has 3 rings (SSSR count). The van der Waals surface area contributed by atoms with Gasteiger partial charge in [-0.05, 0) is 43.5 Å². The third-order valence-corrected chi connectivity index (χ3v) is 5.07. The summed E-state index contributed by atoms with van der Waals surface area (Å²) in [5.74, 6) is 0.102. The minimum Gasteiger partial charge on any atom is -0.365 e. The van der Waals surface area contributed by atoms with E-state index in [0.29, 0.717) is 17.6 Å². The molecule has 1 fully saturated rings. The SMILES string of the molecule is Cl.Cl.Cl.Cl.O=C(C=Cc1cnc(N[C@@H]2CCCN(CCc3ccccc3Cl)C2)cn1)NO. The maximum Gasteiger partial charge on any atom is 0.267 e. The number of piperidine rings is 1. The second-order valence-corrected chi connectivity index (χ2v) is 7.17. The van der Waals surface area contributed by atoms with Gasteiger partial charge in [0.15, 0.2) is 0 Å². The Labute approximate surface area is 218 Å². The summed E-state index contributed by atoms with van der Waals surface area (Å²) in [7, 11) is 0. The van der Waals surface area contributed by atoms with E-state index in [1.807, 2.05) is 18.2 Å². The van der Waals surface area contributed by atoms with Crippen molar-refractivity contribution in [3.05, 3.63) is 59.0 Å². The molecule has 0 spiro atoms. The van der Waals surface area contributed by atoms with Crippen LogP contribution in [0.1, 0.15) is 24.1 Å². The molecule has 1 amide bonds. The van der Waals surface area contributed by atoms with Gasteiger partial charge in [-0.2, -0.15) is 0 Å². The lowest BCUT2D eigenvalue weighted by Crippen LogP contribution is -2.43. The molecule has 32 heavy (non-hydrogen) atoms. The van der Waals surface area contributed by atoms with Gasteiger partial charge in [0.2, 0.25) is 0 Å². The average molecular weight is 548 g/mol. The lowest BCUT2D eigenvalue weighted by atomic mass is 10.0. The minimum absolute atomic E-state index is 0. The zero-order chi connectivity index (χ0) is 19.8. The van der Waals surface area contributed by atoms with Crippen molar-refractivity contribution in [1.29, 1.82) is 0 Å². The highest BCUT2D eigenvalue weighted by molar-refractivity contribution is 6.31. The molecule has 0 radical (unpaired) electrons. The fourth-order valence-electron chi connectivity index (χ4n) is 3.26. The monoisotopic (exact) mass is 545 g/mol. The van der Waals surface area contributed by atoms with E-state index in [0.717, 1.165) is 43.9 Å². The summed E-state index contributed by atoms with van der Waals surface area (Å²) >= 11 is 6.25. The molecule has 180 valence electrons. The van der Waals surface area contributed by atoms with Crippen LogP contribution in [-0.2, 0) is 11.2 Å². The molecule has 2 heterocycles. The van der Waals surface area contributed by atoms with Gasteiger partial charge in [-0.15, -0.1) is 49.6 Å². The number of benzene rings is 1. The molecule has 1 aromatic heterocycles. The number of carbonyl (C=O) groups is 1. The highest BCUT2D eigenvalue weighted by Crippen LogP contribution is 2.18. The Balaban J connectivity index is 0. The first-order valence-corrected chi connectivity index (χ1v) is 9.68. The molecule has 3 N–H and O–H groups in total. The van der Waals surface area contributed by atoms with Gasteiger partial charge in [-0.1, -0.05) is 29.8 Å². The van der Waals surface area contributed by atoms with Crippen molar-refractivity contribution in [3.63, 3.8) is 0 Å². The van der Waals surface area contributed by atoms with Crippen molar-refractivity contribution >= 4 is 79.0 Å². The number of anilines is 1. The Morgan fingerprint density at radius 1 is 1.19 bits per heavy atom. The maximum absolute atomic E-state index is 11.0. The first-order valence-electron chi connectivity index (χ1n) is 9.30. The summed E-state index contributed by atoms with van der Waals surface area (Å²) in [4.78, 5) is 22.0. The van der Waals surface area contributed by atoms with Crippen LogP contribution in [0.2, 0.25) is 5.02 Å². The van der Waals surface area contributed by atoms with Crippen molar-refractivity contribution in [1.82, 2.24) is 20.3 Å². The molecule has 1 saturated heterocycles. The number of carbonyl (C=O) groups excluding carboxylic acids is 1. The van der Waals surface area contributed by atoms with E-state index in [2.05, 4.69) is 26.3 Å². The van der Waals surface area contributed by atoms with E-state index in [1.165, 1.54) is 23.2 Å². The summed E-state index contributed by atoms with van der Waals surface area (Å²) in [5, 5.41) is 12.7. The first-order chi connectivity index (χ1) is 13.6. The molecule has 0 bridgehead atoms. The van der Waals surface area contributed by atoms with Gasteiger partial charge < -0.3 is 10.2 Å². The molecule has 1 atom stereocenters. The number of likely N-dealkylation sites (tertiary alicyclic amines) is 1. The van der Waals surface area contributed by atoms with Gasteiger partial charge in [0.1, 0.15) is 5.82 Å². The number of hydrogen-bond acceptors (Lipinski definition) is 6. The predicted octanol–water partition coefficient (Wildman–Crippen LogP) is 4.45. The van der Waals surface area contributed by atoms with Crippen LogP contribution in [0.5, 0.6) is 0 Å². The third kappa shape index (κ3) is 10.5. The summed E-state index contributed by atoms with van der Waals surface area (Å²) in [6.07, 6.45) is 9.07. The molecular formula is C20H28Cl5N5O2. The second-order valence-electron chi connectivity index (χ2n) is 6.76. The van der Waals surface area contributed by atoms with Crippen LogP contribution < -0.4 is 10.8 Å². The van der Waals surface area contributed by atoms with Crippen molar-refractivity contribution in [2.24, 2.45) is 0 Å². The highest BCUT2D eigenvalue weighted by atomic mass is 35.5. The number of nitrogens with zero attached hydrogens (tertiary/aromatic N) is 3. The number of rotatable bonds is 7. The van der Waals surface area contributed by atoms with Gasteiger partial charge in [0.25, 0.3) is 5.91 Å². The van der Waals surface area contributed by atoms with Crippen molar-refractivity contribution in [2.45, 2.75) is 25.3 Å². The van der Waals surface area contributed by atoms with Crippen LogP contribution >= 0.6 is 61.2 Å². The fraction of sp³-hybridized carbons (Fsp3) is 0.350. The molecule has 2 aromatic rings. The summed E-state index contributed by atoms with van der Waals surface area (Å²) < 4.78 is 0. The number of hydrogen-bond donors (Lipinski definition) is 3. The Hall–Kier alpha value is -1.32. The first kappa shape index (κ1) is 32.9. The average Bonchev–Trinajstić information content (AvgIpc) is 2.73. The number of aromatic nitrogens is 2. The molecule has 1 aliphatic heterocycles. The topological polar surface area (TPSA) is 90.4 Å². The molecule has 7 nitrogen and oxygen atoms in total. The minimum atomic E-state index is -0.608. The van der Waals surface area contributed by atoms with E-state index in [-0.39, 0.29) is 49.6 Å². The van der Waals surface area contributed by atoms with Crippen molar-refractivity contribution < 1.29 is 10.0 Å². The normalized spacial score (nSPS) is 15.4. The zero-order valence-electron chi connectivity index (χ0n) is 17.1. The van der Waals surface area contributed by atoms with Crippen molar-refractivity contribution in [2.75, 3.05) is 25.0 Å². The Kier molecular flexibility index (Phi) is 17.7. The van der Waals surface area contributed by atoms with Crippen LogP contribution in [0, 0.1) is 0 Å². The van der Waals surface area contributed by atoms with Gasteiger partial charge in [-0.25, -0.2) is 10.5 Å². The van der Waals surface area contributed by atoms with Gasteiger partial charge in [-0.3, -0.25) is 15.0 Å². The Bertz CT molecular complexity index is 826. The highest BCUT2D eigenvalue weighted by Gasteiger charge is 2.20. The molecular weight excluding hydrogens is 520 g/mol. The van der Waals surface area contributed by atoms with E-state index >= 15 is 0 Å². The molecule has 0 aliphatic carbocycles. The predicted molar refractivity (Wildman–Crippen MR) is 138 cm³/mol. The largest absolute Gasteiger partial charge is 0.365 e. The summed E-state index contributed by atoms with van der Waals surface area (Å²) in [5.41, 5.74) is 3.26. The third-order valence-electron chi connectivity index (χ3n) is 4.70. The van der Waals surface area contributed by atoms with Crippen LogP contribution in [0.3, 0.4) is 0 Å². The molecule has 12 heteroatoms. The fourth-order valence-corrected chi connectivity index (χ4v) is 3.49. The lowest BCUT2D eigenvalue weighted by molar-refractivity contribution is -0.124. The summed E-state index contributed by atoms with van der Waals surface area (Å²) in [6, 6.07) is 8.31. The second kappa shape index (κ2) is 17.2. The molecule has 1 aliphatic rings. The van der Waals surface area contributed by atoms with E-state index < -0.39 is 5.91 Å². The quantitative estimate of drug-likeness (QED) is 0.270. The van der Waals surface area contributed by atoms with Crippen LogP contribution in [0.25, 0.3) is 6.08 Å². The molecule has 1 aromatic carbocycles. The van der Waals surface area contributed by atoms with Crippen molar-refractivity contribution in [3.8, 4) is 0 Å². The van der Waals surface area contributed by atoms with E-state index in [9.17, 15) is 4.79 Å². The Morgan fingerprint density at radius 3 is 2.59 bits per heavy atom. The zero-order valence-corrected chi connectivity index (χ0v) is 21.2. The maximum atomic E-state index is 11.0.